The molecule has 0 amide bonds. The van der Waals surface area contributed by atoms with Gasteiger partial charge in [0.05, 0.1) is 14.0 Å². The number of halogens is 3. The molecule has 0 N–H and O–H groups in total. The van der Waals surface area contributed by atoms with Gasteiger partial charge in [-0.05, 0) is 6.04 Å². The molecule has 2 radical (unpaired) electrons. The van der Waals surface area contributed by atoms with E-state index in [0.717, 1.165) is 6.04 Å². The van der Waals surface area contributed by atoms with Crippen LogP contribution in [0.1, 0.15) is 0 Å². The Morgan fingerprint density at radius 3 is 2.14 bits per heavy atom. The number of alkyl halides is 3. The monoisotopic (exact) mass is 174 g/mol. The average Bonchev–Trinajstić information content (AvgIpc) is 1.61. The molecule has 0 unspecified atom stereocenters. The highest BCUT2D eigenvalue weighted by molar-refractivity contribution is 6.68. The lowest BCUT2D eigenvalue weighted by molar-refractivity contribution is 1.45. The predicted molar refractivity (Wildman–Crippen MR) is 36.8 cm³/mol. The van der Waals surface area contributed by atoms with E-state index in [1.54, 1.807) is 0 Å². The van der Waals surface area contributed by atoms with Gasteiger partial charge in [0.15, 0.2) is 0 Å². The standard InChI is InChI=1S/C3H5Cl3Si/c4-1-2-7-3(5)6/h3H,1-2H2. The van der Waals surface area contributed by atoms with E-state index in [0.29, 0.717) is 15.4 Å². The molecule has 0 fully saturated rings. The first-order valence-corrected chi connectivity index (χ1v) is 4.54. The van der Waals surface area contributed by atoms with E-state index in [2.05, 4.69) is 0 Å². The Kier molecular flexibility index (Phi) is 6.04. The maximum atomic E-state index is 5.38. The van der Waals surface area contributed by atoms with Crippen LogP contribution in [0, 0.1) is 0 Å². The molecule has 0 heterocycles. The SMILES string of the molecule is ClCC[Si]C(Cl)Cl. The zero-order chi connectivity index (χ0) is 5.70. The lowest BCUT2D eigenvalue weighted by atomic mass is 11.0. The van der Waals surface area contributed by atoms with E-state index in [4.69, 9.17) is 34.8 Å². The van der Waals surface area contributed by atoms with Crippen LogP contribution in [-0.2, 0) is 0 Å². The Morgan fingerprint density at radius 1 is 1.43 bits per heavy atom. The second kappa shape index (κ2) is 5.23. The summed E-state index contributed by atoms with van der Waals surface area (Å²) in [4.78, 5) is 0. The third kappa shape index (κ3) is 7.09. The van der Waals surface area contributed by atoms with Crippen LogP contribution in [0.4, 0.5) is 0 Å². The van der Waals surface area contributed by atoms with Crippen LogP contribution in [0.3, 0.4) is 0 Å². The molecule has 0 bridgehead atoms. The Morgan fingerprint density at radius 2 is 2.00 bits per heavy atom. The van der Waals surface area contributed by atoms with E-state index in [9.17, 15) is 0 Å². The summed E-state index contributed by atoms with van der Waals surface area (Å²) < 4.78 is -0.209. The van der Waals surface area contributed by atoms with Crippen molar-refractivity contribution in [3.8, 4) is 0 Å². The quantitative estimate of drug-likeness (QED) is 0.455. The van der Waals surface area contributed by atoms with Gasteiger partial charge in [-0.1, -0.05) is 0 Å². The molecule has 4 heteroatoms. The molecule has 0 aromatic heterocycles. The number of hydrogen-bond donors (Lipinski definition) is 0. The van der Waals surface area contributed by atoms with E-state index < -0.39 is 0 Å². The number of rotatable bonds is 3. The highest BCUT2D eigenvalue weighted by atomic mass is 35.5. The zero-order valence-electron chi connectivity index (χ0n) is 3.63. The Balaban J connectivity index is 2.68. The second-order valence-corrected chi connectivity index (χ2v) is 4.64. The molecule has 0 nitrogen and oxygen atoms in total. The van der Waals surface area contributed by atoms with Crippen molar-refractivity contribution >= 4 is 44.3 Å². The highest BCUT2D eigenvalue weighted by Gasteiger charge is 1.96. The van der Waals surface area contributed by atoms with Gasteiger partial charge in [0, 0.05) is 5.88 Å². The highest BCUT2D eigenvalue weighted by Crippen LogP contribution is 2.00. The summed E-state index contributed by atoms with van der Waals surface area (Å²) in [6.45, 7) is 0. The summed E-state index contributed by atoms with van der Waals surface area (Å²) in [5.74, 6) is 0.661. The van der Waals surface area contributed by atoms with Gasteiger partial charge in [-0.2, -0.15) is 0 Å². The van der Waals surface area contributed by atoms with Crippen LogP contribution >= 0.6 is 34.8 Å². The molecule has 0 saturated heterocycles. The molecular weight excluding hydrogens is 170 g/mol. The van der Waals surface area contributed by atoms with Crippen molar-refractivity contribution in [2.45, 2.75) is 10.5 Å². The third-order valence-electron chi connectivity index (χ3n) is 0.393. The fourth-order valence-electron chi connectivity index (χ4n) is 0.164. The third-order valence-corrected chi connectivity index (χ3v) is 2.67. The van der Waals surface area contributed by atoms with Gasteiger partial charge >= 0.3 is 0 Å². The first kappa shape index (κ1) is 8.09. The van der Waals surface area contributed by atoms with Gasteiger partial charge in [-0.15, -0.1) is 34.8 Å². The first-order valence-electron chi connectivity index (χ1n) is 1.85. The van der Waals surface area contributed by atoms with Crippen molar-refractivity contribution in [2.24, 2.45) is 0 Å². The van der Waals surface area contributed by atoms with Crippen LogP contribution in [0.15, 0.2) is 0 Å². The summed E-state index contributed by atoms with van der Waals surface area (Å²) in [5.41, 5.74) is 0. The lowest BCUT2D eigenvalue weighted by Crippen LogP contribution is -2.00. The minimum absolute atomic E-state index is 0.209. The van der Waals surface area contributed by atoms with E-state index in [-0.39, 0.29) is 4.46 Å². The second-order valence-electron chi connectivity index (χ2n) is 0.944. The zero-order valence-corrected chi connectivity index (χ0v) is 6.89. The average molecular weight is 176 g/mol. The Labute approximate surface area is 61.0 Å². The fraction of sp³-hybridized carbons (Fsp3) is 1.00. The van der Waals surface area contributed by atoms with Gasteiger partial charge in [0.25, 0.3) is 0 Å². The summed E-state index contributed by atoms with van der Waals surface area (Å²) in [5, 5.41) is 0. The topological polar surface area (TPSA) is 0 Å². The van der Waals surface area contributed by atoms with Gasteiger partial charge in [-0.3, -0.25) is 0 Å². The van der Waals surface area contributed by atoms with Crippen molar-refractivity contribution in [1.29, 1.82) is 0 Å². The molecule has 0 aliphatic heterocycles. The summed E-state index contributed by atoms with van der Waals surface area (Å²) in [7, 11) is 0.588. The fourth-order valence-corrected chi connectivity index (χ4v) is 1.47. The van der Waals surface area contributed by atoms with Crippen molar-refractivity contribution in [1.82, 2.24) is 0 Å². The molecule has 0 spiro atoms. The molecule has 7 heavy (non-hydrogen) atoms. The van der Waals surface area contributed by atoms with Crippen LogP contribution in [0.2, 0.25) is 6.04 Å². The molecule has 0 aliphatic carbocycles. The van der Waals surface area contributed by atoms with Crippen LogP contribution in [0.25, 0.3) is 0 Å². The lowest BCUT2D eigenvalue weighted by Gasteiger charge is -1.91. The minimum Gasteiger partial charge on any atom is -0.127 e. The molecule has 0 aromatic carbocycles. The minimum atomic E-state index is -0.209. The van der Waals surface area contributed by atoms with Crippen molar-refractivity contribution in [2.75, 3.05) is 5.88 Å². The van der Waals surface area contributed by atoms with Gasteiger partial charge in [0.1, 0.15) is 0 Å². The molecule has 0 saturated carbocycles. The van der Waals surface area contributed by atoms with Crippen LogP contribution in [0.5, 0.6) is 0 Å². The maximum absolute atomic E-state index is 5.38. The molecule has 42 valence electrons. The van der Waals surface area contributed by atoms with Crippen molar-refractivity contribution in [3.63, 3.8) is 0 Å². The first-order chi connectivity index (χ1) is 3.27. The molecule has 0 aliphatic rings. The largest absolute Gasteiger partial charge is 0.127 e. The van der Waals surface area contributed by atoms with E-state index in [1.165, 1.54) is 0 Å². The Hall–Kier alpha value is 1.09. The van der Waals surface area contributed by atoms with Crippen LogP contribution < -0.4 is 0 Å². The van der Waals surface area contributed by atoms with Gasteiger partial charge in [-0.25, -0.2) is 0 Å². The normalized spacial score (nSPS) is 10.3. The summed E-state index contributed by atoms with van der Waals surface area (Å²) in [6.07, 6.45) is 0. The van der Waals surface area contributed by atoms with Gasteiger partial charge in [0.2, 0.25) is 0 Å². The van der Waals surface area contributed by atoms with Crippen LogP contribution in [-0.4, -0.2) is 19.9 Å². The Bertz CT molecular complexity index is 39.2. The summed E-state index contributed by atoms with van der Waals surface area (Å²) in [6, 6.07) is 0.930. The van der Waals surface area contributed by atoms with Gasteiger partial charge < -0.3 is 0 Å². The van der Waals surface area contributed by atoms with Crippen molar-refractivity contribution < 1.29 is 0 Å². The smallest absolute Gasteiger partial charge is 0.0929 e. The van der Waals surface area contributed by atoms with E-state index in [1.807, 2.05) is 0 Å². The predicted octanol–water partition coefficient (Wildman–Crippen LogP) is 2.11. The maximum Gasteiger partial charge on any atom is 0.0929 e. The van der Waals surface area contributed by atoms with Crippen molar-refractivity contribution in [3.05, 3.63) is 0 Å². The van der Waals surface area contributed by atoms with E-state index >= 15 is 0 Å². The molecular formula is C3H5Cl3Si. The number of hydrogen-bond acceptors (Lipinski definition) is 0. The molecule has 0 rings (SSSR count). The molecule has 0 aromatic rings. The summed E-state index contributed by atoms with van der Waals surface area (Å²) >= 11 is 16.1. The molecule has 0 atom stereocenters.